The molecule has 0 amide bonds. The van der Waals surface area contributed by atoms with Crippen LogP contribution in [0.5, 0.6) is 0 Å². The second kappa shape index (κ2) is 32.5. The van der Waals surface area contributed by atoms with Gasteiger partial charge >= 0.3 is 311 Å². The Morgan fingerprint density at radius 2 is 0.746 bits per heavy atom. The first kappa shape index (κ1) is 53.9. The van der Waals surface area contributed by atoms with Gasteiger partial charge in [0.05, 0.1) is 0 Å². The van der Waals surface area contributed by atoms with Crippen molar-refractivity contribution in [1.29, 1.82) is 0 Å². The third-order valence-electron chi connectivity index (χ3n) is 13.4. The summed E-state index contributed by atoms with van der Waals surface area (Å²) in [6.45, 7) is 10.2. The van der Waals surface area contributed by atoms with E-state index in [-0.39, 0.29) is 0 Å². The Hall–Kier alpha value is -1.22. The van der Waals surface area contributed by atoms with Crippen LogP contribution in [0.4, 0.5) is 0 Å². The minimum atomic E-state index is -4.07. The topological polar surface area (TPSA) is 43.4 Å². The van der Waals surface area contributed by atoms with Gasteiger partial charge in [0.25, 0.3) is 0 Å². The summed E-state index contributed by atoms with van der Waals surface area (Å²) in [5.74, 6) is 0. The van der Waals surface area contributed by atoms with Gasteiger partial charge in [-0.1, -0.05) is 59.3 Å². The SMILES string of the molecule is CCCCCCCCCCc1ccc(S(=O)(=O)OP(CCCC)(CCCC)(CCCC)c2ccccc2)c(CCCCCCCCCC)c1CCCCCCCCCC. The molecule has 0 spiro atoms. The minimum Gasteiger partial charge on any atom is -0.0654 e. The quantitative estimate of drug-likeness (QED) is 0.0495. The van der Waals surface area contributed by atoms with Crippen LogP contribution in [0.3, 0.4) is 0 Å². The van der Waals surface area contributed by atoms with Gasteiger partial charge in [-0.15, -0.1) is 0 Å². The first-order valence-electron chi connectivity index (χ1n) is 25.9. The van der Waals surface area contributed by atoms with Crippen molar-refractivity contribution in [3.05, 3.63) is 59.2 Å². The van der Waals surface area contributed by atoms with Gasteiger partial charge in [0, 0.05) is 0 Å². The van der Waals surface area contributed by atoms with Crippen LogP contribution in [0.2, 0.25) is 0 Å². The molecule has 0 aliphatic rings. The predicted octanol–water partition coefficient (Wildman–Crippen LogP) is 17.6. The molecule has 0 atom stereocenters. The molecule has 5 heteroatoms. The molecule has 0 N–H and O–H groups in total. The Morgan fingerprint density at radius 1 is 0.390 bits per heavy atom. The fourth-order valence-corrected chi connectivity index (χ4v) is 19.6. The fourth-order valence-electron chi connectivity index (χ4n) is 9.65. The van der Waals surface area contributed by atoms with E-state index in [0.29, 0.717) is 4.90 Å². The maximum absolute atomic E-state index is 15.6. The van der Waals surface area contributed by atoms with E-state index in [1.165, 1.54) is 158 Å². The summed E-state index contributed by atoms with van der Waals surface area (Å²) in [6.07, 6.45) is 42.3. The van der Waals surface area contributed by atoms with Gasteiger partial charge in [-0.05, 0) is 0 Å². The van der Waals surface area contributed by atoms with E-state index in [4.69, 9.17) is 3.97 Å². The number of rotatable bonds is 40. The van der Waals surface area contributed by atoms with Gasteiger partial charge in [-0.25, -0.2) is 0 Å². The molecular weight excluding hydrogens is 760 g/mol. The first-order valence-corrected chi connectivity index (χ1v) is 30.1. The Balaban J connectivity index is 2.65. The molecular formula is C54H97O3PS. The molecule has 0 saturated heterocycles. The third kappa shape index (κ3) is 19.8. The van der Waals surface area contributed by atoms with Crippen LogP contribution in [-0.4, -0.2) is 26.9 Å². The molecule has 0 unspecified atom stereocenters. The Bertz CT molecular complexity index is 1400. The second-order valence-corrected chi connectivity index (χ2v) is 25.6. The molecule has 342 valence electrons. The molecule has 2 aromatic rings. The van der Waals surface area contributed by atoms with Crippen molar-refractivity contribution in [2.45, 2.75) is 258 Å². The Labute approximate surface area is 369 Å². The zero-order valence-electron chi connectivity index (χ0n) is 40.1. The van der Waals surface area contributed by atoms with Crippen molar-refractivity contribution in [3.8, 4) is 0 Å². The number of aryl methyl sites for hydroxylation is 1. The second-order valence-electron chi connectivity index (χ2n) is 18.6. The standard InChI is InChI=1S/C54H97O3PS/c1-7-13-19-22-25-28-31-35-40-50-45-46-54(53(44-39-33-30-27-24-21-15-9-3)52(50)43-38-32-29-26-23-20-14-8-2)59(55,56)57-58(47-16-10-4,48-17-11-5,49-18-12-6)51-41-36-34-37-42-51/h34,36-37,41-42,45-46H,7-33,35,38-40,43-44,47-49H2,1-6H3. The summed E-state index contributed by atoms with van der Waals surface area (Å²) in [5, 5.41) is 1.17. The smallest absolute Gasteiger partial charge is 0.0654 e. The summed E-state index contributed by atoms with van der Waals surface area (Å²) < 4.78 is 38.5. The van der Waals surface area contributed by atoms with E-state index in [9.17, 15) is 0 Å². The summed E-state index contributed by atoms with van der Waals surface area (Å²) in [5.41, 5.74) is 3.89. The molecule has 59 heavy (non-hydrogen) atoms. The molecule has 3 nitrogen and oxygen atoms in total. The van der Waals surface area contributed by atoms with Crippen LogP contribution < -0.4 is 5.30 Å². The van der Waals surface area contributed by atoms with E-state index in [1.807, 2.05) is 6.07 Å². The van der Waals surface area contributed by atoms with Gasteiger partial charge < -0.3 is 0 Å². The zero-order valence-corrected chi connectivity index (χ0v) is 41.8. The number of hydrogen-bond donors (Lipinski definition) is 0. The van der Waals surface area contributed by atoms with Crippen LogP contribution in [0.1, 0.15) is 251 Å². The van der Waals surface area contributed by atoms with E-state index in [1.54, 1.807) is 0 Å². The average molecular weight is 857 g/mol. The summed E-state index contributed by atoms with van der Waals surface area (Å²) in [4.78, 5) is 0.504. The summed E-state index contributed by atoms with van der Waals surface area (Å²) in [7, 11) is -4.07. The van der Waals surface area contributed by atoms with Crippen molar-refractivity contribution in [3.63, 3.8) is 0 Å². The number of benzene rings is 2. The Morgan fingerprint density at radius 3 is 1.15 bits per heavy atom. The molecule has 0 fully saturated rings. The fraction of sp³-hybridized carbons (Fsp3) is 0.778. The van der Waals surface area contributed by atoms with Crippen LogP contribution in [-0.2, 0) is 33.4 Å². The number of hydrogen-bond acceptors (Lipinski definition) is 3. The molecule has 2 aromatic carbocycles. The van der Waals surface area contributed by atoms with E-state index in [0.717, 1.165) is 94.7 Å². The van der Waals surface area contributed by atoms with Crippen molar-refractivity contribution in [2.75, 3.05) is 18.5 Å². The van der Waals surface area contributed by atoms with Gasteiger partial charge in [-0.3, -0.25) is 0 Å². The summed E-state index contributed by atoms with van der Waals surface area (Å²) >= 11 is 0. The van der Waals surface area contributed by atoms with Gasteiger partial charge in [0.15, 0.2) is 0 Å². The Kier molecular flexibility index (Phi) is 29.7. The van der Waals surface area contributed by atoms with Crippen molar-refractivity contribution in [1.82, 2.24) is 0 Å². The summed E-state index contributed by atoms with van der Waals surface area (Å²) in [6, 6.07) is 15.0. The number of unbranched alkanes of at least 4 members (excludes halogenated alkanes) is 24. The minimum absolute atomic E-state index is 0.504. The van der Waals surface area contributed by atoms with Crippen LogP contribution >= 0.6 is 6.83 Å². The molecule has 0 radical (unpaired) electrons. The maximum atomic E-state index is 15.6. The average Bonchev–Trinajstić information content (AvgIpc) is 3.24. The monoisotopic (exact) mass is 857 g/mol. The van der Waals surface area contributed by atoms with Gasteiger partial charge in [-0.2, -0.15) is 0 Å². The van der Waals surface area contributed by atoms with Gasteiger partial charge in [0.2, 0.25) is 0 Å². The predicted molar refractivity (Wildman–Crippen MR) is 266 cm³/mol. The molecule has 0 aliphatic carbocycles. The van der Waals surface area contributed by atoms with E-state index in [2.05, 4.69) is 77.9 Å². The van der Waals surface area contributed by atoms with E-state index >= 15 is 8.42 Å². The van der Waals surface area contributed by atoms with Crippen molar-refractivity contribution >= 4 is 22.3 Å². The van der Waals surface area contributed by atoms with Crippen LogP contribution in [0.15, 0.2) is 47.4 Å². The molecule has 0 aromatic heterocycles. The van der Waals surface area contributed by atoms with Crippen LogP contribution in [0, 0.1) is 0 Å². The zero-order chi connectivity index (χ0) is 42.9. The first-order chi connectivity index (χ1) is 28.8. The van der Waals surface area contributed by atoms with Crippen molar-refractivity contribution < 1.29 is 12.4 Å². The molecule has 0 heterocycles. The van der Waals surface area contributed by atoms with Gasteiger partial charge in [0.1, 0.15) is 0 Å². The molecule has 0 saturated carbocycles. The van der Waals surface area contributed by atoms with Crippen molar-refractivity contribution in [2.24, 2.45) is 0 Å². The third-order valence-corrected chi connectivity index (χ3v) is 22.3. The van der Waals surface area contributed by atoms with Crippen LogP contribution in [0.25, 0.3) is 0 Å². The molecule has 0 aliphatic heterocycles. The normalized spacial score (nSPS) is 12.9. The van der Waals surface area contributed by atoms with E-state index < -0.39 is 16.9 Å². The molecule has 0 bridgehead atoms. The molecule has 2 rings (SSSR count).